The largest absolute Gasteiger partial charge is 0.387 e. The van der Waals surface area contributed by atoms with E-state index in [1.165, 1.54) is 4.31 Å². The van der Waals surface area contributed by atoms with Gasteiger partial charge < -0.3 is 5.11 Å². The number of benzene rings is 1. The lowest BCUT2D eigenvalue weighted by Crippen LogP contribution is -2.48. The highest BCUT2D eigenvalue weighted by Gasteiger charge is 2.43. The number of aliphatic hydroxyl groups is 1. The van der Waals surface area contributed by atoms with Gasteiger partial charge in [-0.25, -0.2) is 8.42 Å². The van der Waals surface area contributed by atoms with Crippen LogP contribution in [-0.2, 0) is 23.0 Å². The van der Waals surface area contributed by atoms with Crippen LogP contribution in [0.15, 0.2) is 78.1 Å². The Morgan fingerprint density at radius 1 is 0.963 bits per heavy atom. The molecule has 0 saturated carbocycles. The molecule has 2 aromatic heterocycles. The Labute approximate surface area is 158 Å². The Balaban J connectivity index is 1.80. The van der Waals surface area contributed by atoms with Crippen molar-refractivity contribution < 1.29 is 13.5 Å². The Hall–Kier alpha value is -2.61. The summed E-state index contributed by atoms with van der Waals surface area (Å²) in [4.78, 5) is 8.45. The minimum atomic E-state index is -3.76. The molecule has 1 aliphatic rings. The van der Waals surface area contributed by atoms with Gasteiger partial charge in [-0.2, -0.15) is 4.31 Å². The van der Waals surface area contributed by atoms with Crippen LogP contribution in [0, 0.1) is 0 Å². The average molecular weight is 381 g/mol. The normalized spacial score (nSPS) is 21.5. The maximum atomic E-state index is 13.3. The van der Waals surface area contributed by atoms with E-state index in [1.54, 1.807) is 55.0 Å². The molecule has 0 radical (unpaired) electrons. The molecule has 0 amide bonds. The predicted octanol–water partition coefficient (Wildman–Crippen LogP) is 2.33. The second-order valence-corrected chi connectivity index (χ2v) is 8.34. The monoisotopic (exact) mass is 381 g/mol. The minimum absolute atomic E-state index is 0.156. The molecule has 0 spiro atoms. The summed E-state index contributed by atoms with van der Waals surface area (Å²) in [6.45, 7) is 0.160. The molecule has 0 aliphatic carbocycles. The molecule has 0 unspecified atom stereocenters. The molecule has 0 fully saturated rings. The van der Waals surface area contributed by atoms with Gasteiger partial charge in [-0.1, -0.05) is 24.3 Å². The van der Waals surface area contributed by atoms with Crippen molar-refractivity contribution in [2.75, 3.05) is 0 Å². The molecule has 1 N–H and O–H groups in total. The Morgan fingerprint density at radius 2 is 1.70 bits per heavy atom. The number of hydrogen-bond donors (Lipinski definition) is 1. The van der Waals surface area contributed by atoms with Crippen molar-refractivity contribution in [3.8, 4) is 0 Å². The van der Waals surface area contributed by atoms with E-state index in [9.17, 15) is 13.5 Å². The summed E-state index contributed by atoms with van der Waals surface area (Å²) >= 11 is 0. The van der Waals surface area contributed by atoms with Crippen molar-refractivity contribution in [2.45, 2.75) is 30.0 Å². The van der Waals surface area contributed by atoms with Crippen LogP contribution in [0.25, 0.3) is 0 Å². The van der Waals surface area contributed by atoms with Crippen molar-refractivity contribution in [1.82, 2.24) is 14.3 Å². The van der Waals surface area contributed by atoms with E-state index in [0.717, 1.165) is 11.3 Å². The van der Waals surface area contributed by atoms with Gasteiger partial charge in [0, 0.05) is 42.8 Å². The van der Waals surface area contributed by atoms with Crippen LogP contribution in [0.3, 0.4) is 0 Å². The highest BCUT2D eigenvalue weighted by molar-refractivity contribution is 7.89. The van der Waals surface area contributed by atoms with Gasteiger partial charge in [-0.3, -0.25) is 9.97 Å². The number of nitrogens with zero attached hydrogens (tertiary/aromatic N) is 3. The quantitative estimate of drug-likeness (QED) is 0.750. The molecule has 3 aromatic rings. The topological polar surface area (TPSA) is 83.4 Å². The van der Waals surface area contributed by atoms with Gasteiger partial charge >= 0.3 is 0 Å². The number of pyridine rings is 2. The molecule has 2 atom stereocenters. The zero-order valence-electron chi connectivity index (χ0n) is 14.5. The van der Waals surface area contributed by atoms with Crippen LogP contribution >= 0.6 is 0 Å². The number of sulfonamides is 1. The van der Waals surface area contributed by atoms with Crippen molar-refractivity contribution in [3.05, 3.63) is 90.0 Å². The van der Waals surface area contributed by atoms with E-state index >= 15 is 0 Å². The fourth-order valence-electron chi connectivity index (χ4n) is 3.45. The third-order valence-electron chi connectivity index (χ3n) is 4.79. The molecule has 4 rings (SSSR count). The summed E-state index contributed by atoms with van der Waals surface area (Å²) in [5, 5.41) is 11.0. The van der Waals surface area contributed by atoms with Gasteiger partial charge in [0.15, 0.2) is 0 Å². The minimum Gasteiger partial charge on any atom is -0.387 e. The fourth-order valence-corrected chi connectivity index (χ4v) is 5.30. The van der Waals surface area contributed by atoms with Crippen molar-refractivity contribution in [3.63, 3.8) is 0 Å². The third-order valence-corrected chi connectivity index (χ3v) is 6.74. The Morgan fingerprint density at radius 3 is 2.44 bits per heavy atom. The molecule has 0 bridgehead atoms. The summed E-state index contributed by atoms with van der Waals surface area (Å²) in [5.74, 6) is 0. The molecular weight excluding hydrogens is 362 g/mol. The SMILES string of the molecule is O=S1(=O)c2ccccc2[C@H](O)[C@@H](Cc2ccccn2)N1Cc1ccncc1. The van der Waals surface area contributed by atoms with E-state index in [0.29, 0.717) is 12.0 Å². The van der Waals surface area contributed by atoms with E-state index in [2.05, 4.69) is 9.97 Å². The van der Waals surface area contributed by atoms with E-state index in [4.69, 9.17) is 0 Å². The van der Waals surface area contributed by atoms with E-state index in [-0.39, 0.29) is 11.4 Å². The number of aliphatic hydroxyl groups excluding tert-OH is 1. The maximum Gasteiger partial charge on any atom is 0.244 e. The average Bonchev–Trinajstić information content (AvgIpc) is 2.71. The molecule has 0 saturated heterocycles. The molecule has 1 aliphatic heterocycles. The molecule has 138 valence electrons. The van der Waals surface area contributed by atoms with Crippen LogP contribution in [0.4, 0.5) is 0 Å². The van der Waals surface area contributed by atoms with Crippen LogP contribution in [0.1, 0.15) is 22.9 Å². The van der Waals surface area contributed by atoms with Crippen LogP contribution < -0.4 is 0 Å². The molecule has 1 aromatic carbocycles. The van der Waals surface area contributed by atoms with E-state index < -0.39 is 22.2 Å². The maximum absolute atomic E-state index is 13.3. The number of fused-ring (bicyclic) bond motifs is 1. The van der Waals surface area contributed by atoms with Crippen molar-refractivity contribution in [1.29, 1.82) is 0 Å². The third kappa shape index (κ3) is 3.37. The van der Waals surface area contributed by atoms with Gasteiger partial charge in [0.1, 0.15) is 0 Å². The Kier molecular flexibility index (Phi) is 4.73. The second-order valence-electron chi connectivity index (χ2n) is 6.48. The predicted molar refractivity (Wildman–Crippen MR) is 100 cm³/mol. The lowest BCUT2D eigenvalue weighted by Gasteiger charge is -2.39. The van der Waals surface area contributed by atoms with Crippen LogP contribution in [-0.4, -0.2) is 33.8 Å². The van der Waals surface area contributed by atoms with E-state index in [1.807, 2.05) is 18.2 Å². The Bertz CT molecular complexity index is 1030. The van der Waals surface area contributed by atoms with Gasteiger partial charge in [0.25, 0.3) is 0 Å². The summed E-state index contributed by atoms with van der Waals surface area (Å²) in [6.07, 6.45) is 4.31. The van der Waals surface area contributed by atoms with Gasteiger partial charge in [-0.15, -0.1) is 0 Å². The fraction of sp³-hybridized carbons (Fsp3) is 0.200. The first-order chi connectivity index (χ1) is 13.1. The number of aromatic nitrogens is 2. The smallest absolute Gasteiger partial charge is 0.244 e. The highest BCUT2D eigenvalue weighted by Crippen LogP contribution is 2.38. The first-order valence-corrected chi connectivity index (χ1v) is 10.1. The summed E-state index contributed by atoms with van der Waals surface area (Å²) < 4.78 is 28.0. The van der Waals surface area contributed by atoms with Crippen molar-refractivity contribution >= 4 is 10.0 Å². The zero-order valence-corrected chi connectivity index (χ0v) is 15.3. The highest BCUT2D eigenvalue weighted by atomic mass is 32.2. The summed E-state index contributed by atoms with van der Waals surface area (Å²) in [7, 11) is -3.76. The lowest BCUT2D eigenvalue weighted by atomic mass is 9.97. The molecule has 3 heterocycles. The standard InChI is InChI=1S/C20H19N3O3S/c24-20-17-6-1-2-7-19(17)27(25,26)23(14-15-8-11-21-12-9-15)18(20)13-16-5-3-4-10-22-16/h1-12,18,20,24H,13-14H2/t18-,20+/m1/s1. The summed E-state index contributed by atoms with van der Waals surface area (Å²) in [5.41, 5.74) is 1.98. The molecule has 6 nitrogen and oxygen atoms in total. The molecular formula is C20H19N3O3S. The van der Waals surface area contributed by atoms with Crippen LogP contribution in [0.2, 0.25) is 0 Å². The molecule has 7 heteroatoms. The zero-order chi connectivity index (χ0) is 18.9. The van der Waals surface area contributed by atoms with Gasteiger partial charge in [0.05, 0.1) is 17.0 Å². The summed E-state index contributed by atoms with van der Waals surface area (Å²) in [6, 6.07) is 15.0. The van der Waals surface area contributed by atoms with Crippen LogP contribution in [0.5, 0.6) is 0 Å². The number of rotatable bonds is 4. The second kappa shape index (κ2) is 7.19. The van der Waals surface area contributed by atoms with Crippen molar-refractivity contribution in [2.24, 2.45) is 0 Å². The molecule has 27 heavy (non-hydrogen) atoms. The lowest BCUT2D eigenvalue weighted by molar-refractivity contribution is 0.0764. The van der Waals surface area contributed by atoms with Gasteiger partial charge in [0.2, 0.25) is 10.0 Å². The number of hydrogen-bond acceptors (Lipinski definition) is 5. The first kappa shape index (κ1) is 17.8. The first-order valence-electron chi connectivity index (χ1n) is 8.65. The van der Waals surface area contributed by atoms with Gasteiger partial charge in [-0.05, 0) is 35.9 Å².